The zero-order valence-corrected chi connectivity index (χ0v) is 12.7. The second kappa shape index (κ2) is 5.67. The van der Waals surface area contributed by atoms with Gasteiger partial charge in [0, 0.05) is 27.1 Å². The van der Waals surface area contributed by atoms with Crippen molar-refractivity contribution < 1.29 is 9.21 Å². The number of rotatable bonds is 2. The van der Waals surface area contributed by atoms with Crippen LogP contribution in [0.25, 0.3) is 0 Å². The van der Waals surface area contributed by atoms with E-state index < -0.39 is 5.76 Å². The number of carbonyl (C=O) groups is 1. The van der Waals surface area contributed by atoms with Gasteiger partial charge in [0.1, 0.15) is 6.54 Å². The number of aryl methyl sites for hydroxylation is 1. The molecule has 0 spiro atoms. The Hall–Kier alpha value is -2.57. The summed E-state index contributed by atoms with van der Waals surface area (Å²) in [5, 5.41) is 3.92. The summed E-state index contributed by atoms with van der Waals surface area (Å²) in [4.78, 5) is 28.0. The molecule has 1 amide bonds. The largest absolute Gasteiger partial charge is 0.437 e. The van der Waals surface area contributed by atoms with Gasteiger partial charge in [-0.05, 0) is 18.6 Å². The summed E-state index contributed by atoms with van der Waals surface area (Å²) in [6.45, 7) is 2.96. The molecule has 0 unspecified atom stereocenters. The topological polar surface area (TPSA) is 71.6 Å². The number of hydrogen-bond acceptors (Lipinski definition) is 5. The van der Waals surface area contributed by atoms with Gasteiger partial charge in [0.25, 0.3) is 0 Å². The fourth-order valence-electron chi connectivity index (χ4n) is 2.70. The van der Waals surface area contributed by atoms with Crippen LogP contribution in [0.1, 0.15) is 12.3 Å². The molecule has 2 heterocycles. The van der Waals surface area contributed by atoms with Gasteiger partial charge in [-0.25, -0.2) is 4.79 Å². The van der Waals surface area contributed by atoms with E-state index in [4.69, 9.17) is 4.42 Å². The molecule has 0 saturated heterocycles. The van der Waals surface area contributed by atoms with E-state index in [-0.39, 0.29) is 18.3 Å². The number of hydrogen-bond donors (Lipinski definition) is 0. The maximum Gasteiger partial charge on any atom is 0.437 e. The van der Waals surface area contributed by atoms with Crippen molar-refractivity contribution in [1.29, 1.82) is 0 Å². The zero-order chi connectivity index (χ0) is 15.7. The second-order valence-corrected chi connectivity index (χ2v) is 5.35. The van der Waals surface area contributed by atoms with Gasteiger partial charge in [0.2, 0.25) is 11.8 Å². The van der Waals surface area contributed by atoms with Gasteiger partial charge in [-0.1, -0.05) is 12.1 Å². The van der Waals surface area contributed by atoms with Crippen LogP contribution in [0.5, 0.6) is 0 Å². The first-order valence-corrected chi connectivity index (χ1v) is 7.21. The molecule has 1 aliphatic rings. The zero-order valence-electron chi connectivity index (χ0n) is 12.7. The van der Waals surface area contributed by atoms with Crippen LogP contribution in [0.2, 0.25) is 0 Å². The average molecular weight is 302 g/mol. The highest BCUT2D eigenvalue weighted by molar-refractivity contribution is 5.96. The minimum Gasteiger partial charge on any atom is -0.393 e. The molecular weight excluding hydrogens is 284 g/mol. The van der Waals surface area contributed by atoms with E-state index in [1.165, 1.54) is 0 Å². The van der Waals surface area contributed by atoms with Crippen molar-refractivity contribution in [1.82, 2.24) is 9.78 Å². The van der Waals surface area contributed by atoms with E-state index in [0.29, 0.717) is 6.54 Å². The van der Waals surface area contributed by atoms with Crippen LogP contribution >= 0.6 is 0 Å². The Morgan fingerprint density at radius 1 is 1.27 bits per heavy atom. The van der Waals surface area contributed by atoms with Crippen molar-refractivity contribution in [2.45, 2.75) is 19.9 Å². The standard InChI is InChI=1S/C15H18N4O3/c1-11-16-19(15(21)22-11)10-14(20)18-9-5-8-17(2)12-6-3-4-7-13(12)18/h3-4,6-7H,5,8-10H2,1-2H3. The Morgan fingerprint density at radius 3 is 2.68 bits per heavy atom. The van der Waals surface area contributed by atoms with Crippen LogP contribution in [0.15, 0.2) is 33.5 Å². The van der Waals surface area contributed by atoms with Crippen LogP contribution in [0.4, 0.5) is 11.4 Å². The highest BCUT2D eigenvalue weighted by Gasteiger charge is 2.24. The lowest BCUT2D eigenvalue weighted by Crippen LogP contribution is -2.36. The molecule has 1 aromatic carbocycles. The molecule has 1 aromatic heterocycles. The molecule has 0 radical (unpaired) electrons. The van der Waals surface area contributed by atoms with E-state index in [9.17, 15) is 9.59 Å². The number of para-hydroxylation sites is 2. The molecule has 0 N–H and O–H groups in total. The lowest BCUT2D eigenvalue weighted by atomic mass is 10.2. The molecule has 3 rings (SSSR count). The summed E-state index contributed by atoms with van der Waals surface area (Å²) in [7, 11) is 2.01. The molecule has 0 fully saturated rings. The van der Waals surface area contributed by atoms with Gasteiger partial charge in [0.05, 0.1) is 11.4 Å². The molecule has 0 bridgehead atoms. The first-order chi connectivity index (χ1) is 10.6. The number of aromatic nitrogens is 2. The summed E-state index contributed by atoms with van der Waals surface area (Å²) in [5.74, 6) is -0.516. The van der Waals surface area contributed by atoms with Gasteiger partial charge >= 0.3 is 5.76 Å². The minimum absolute atomic E-state index is 0.117. The fourth-order valence-corrected chi connectivity index (χ4v) is 2.70. The Kier molecular flexibility index (Phi) is 3.70. The van der Waals surface area contributed by atoms with E-state index >= 15 is 0 Å². The quantitative estimate of drug-likeness (QED) is 0.828. The number of benzene rings is 1. The highest BCUT2D eigenvalue weighted by Crippen LogP contribution is 2.31. The van der Waals surface area contributed by atoms with Crippen LogP contribution in [0, 0.1) is 6.92 Å². The number of carbonyl (C=O) groups excluding carboxylic acids is 1. The lowest BCUT2D eigenvalue weighted by molar-refractivity contribution is -0.119. The smallest absolute Gasteiger partial charge is 0.393 e. The molecular formula is C15H18N4O3. The molecule has 2 aromatic rings. The third-order valence-corrected chi connectivity index (χ3v) is 3.75. The van der Waals surface area contributed by atoms with Crippen molar-refractivity contribution >= 4 is 17.3 Å². The Labute approximate surface area is 127 Å². The van der Waals surface area contributed by atoms with E-state index in [1.54, 1.807) is 11.8 Å². The summed E-state index contributed by atoms with van der Waals surface area (Å²) in [5.41, 5.74) is 1.87. The fraction of sp³-hybridized carbons (Fsp3) is 0.400. The molecule has 1 aliphatic heterocycles. The molecule has 0 saturated carbocycles. The summed E-state index contributed by atoms with van der Waals surface area (Å²) in [6, 6.07) is 7.78. The van der Waals surface area contributed by atoms with E-state index in [2.05, 4.69) is 10.00 Å². The van der Waals surface area contributed by atoms with Gasteiger partial charge < -0.3 is 14.2 Å². The Bertz CT molecular complexity index is 749. The van der Waals surface area contributed by atoms with E-state index in [0.717, 1.165) is 29.0 Å². The predicted molar refractivity (Wildman–Crippen MR) is 82.2 cm³/mol. The van der Waals surface area contributed by atoms with Crippen LogP contribution in [0.3, 0.4) is 0 Å². The van der Waals surface area contributed by atoms with Gasteiger partial charge in [0.15, 0.2) is 0 Å². The third kappa shape index (κ3) is 2.61. The molecule has 7 heteroatoms. The molecule has 0 atom stereocenters. The lowest BCUT2D eigenvalue weighted by Gasteiger charge is -2.24. The van der Waals surface area contributed by atoms with Crippen LogP contribution < -0.4 is 15.6 Å². The minimum atomic E-state index is -0.605. The van der Waals surface area contributed by atoms with Crippen LogP contribution in [-0.2, 0) is 11.3 Å². The van der Waals surface area contributed by atoms with Crippen molar-refractivity contribution in [3.8, 4) is 0 Å². The molecule has 0 aliphatic carbocycles. The van der Waals surface area contributed by atoms with Crippen molar-refractivity contribution in [2.75, 3.05) is 29.9 Å². The average Bonchev–Trinajstić information content (AvgIpc) is 2.70. The van der Waals surface area contributed by atoms with Crippen molar-refractivity contribution in [3.05, 3.63) is 40.7 Å². The number of anilines is 2. The molecule has 7 nitrogen and oxygen atoms in total. The maximum atomic E-state index is 12.6. The highest BCUT2D eigenvalue weighted by atomic mass is 16.4. The first-order valence-electron chi connectivity index (χ1n) is 7.21. The van der Waals surface area contributed by atoms with Gasteiger partial charge in [-0.2, -0.15) is 4.68 Å². The second-order valence-electron chi connectivity index (χ2n) is 5.35. The maximum absolute atomic E-state index is 12.6. The van der Waals surface area contributed by atoms with E-state index in [1.807, 2.05) is 31.3 Å². The summed E-state index contributed by atoms with van der Waals surface area (Å²) >= 11 is 0. The normalized spacial score (nSPS) is 14.6. The third-order valence-electron chi connectivity index (χ3n) is 3.75. The SMILES string of the molecule is Cc1nn(CC(=O)N2CCCN(C)c3ccccc32)c(=O)o1. The Balaban J connectivity index is 1.90. The monoisotopic (exact) mass is 302 g/mol. The van der Waals surface area contributed by atoms with Crippen molar-refractivity contribution in [3.63, 3.8) is 0 Å². The number of fused-ring (bicyclic) bond motifs is 1. The van der Waals surface area contributed by atoms with Gasteiger partial charge in [-0.3, -0.25) is 4.79 Å². The molecule has 116 valence electrons. The van der Waals surface area contributed by atoms with Crippen LogP contribution in [-0.4, -0.2) is 35.8 Å². The van der Waals surface area contributed by atoms with Crippen molar-refractivity contribution in [2.24, 2.45) is 0 Å². The van der Waals surface area contributed by atoms with Gasteiger partial charge in [-0.15, -0.1) is 5.10 Å². The molecule has 22 heavy (non-hydrogen) atoms. The number of amides is 1. The Morgan fingerprint density at radius 2 is 2.00 bits per heavy atom. The number of nitrogens with zero attached hydrogens (tertiary/aromatic N) is 4. The summed E-state index contributed by atoms with van der Waals surface area (Å²) < 4.78 is 5.90. The predicted octanol–water partition coefficient (Wildman–Crippen LogP) is 1.02. The first kappa shape index (κ1) is 14.4. The summed E-state index contributed by atoms with van der Waals surface area (Å²) in [6.07, 6.45) is 0.865.